The molecule has 7 saturated carbocycles. The van der Waals surface area contributed by atoms with Crippen LogP contribution in [0, 0.1) is 79.3 Å². The maximum absolute atomic E-state index is 13.7. The van der Waals surface area contributed by atoms with Gasteiger partial charge < -0.3 is 19.9 Å². The fourth-order valence-electron chi connectivity index (χ4n) is 16.9. The highest BCUT2D eigenvalue weighted by molar-refractivity contribution is 5.84. The second-order valence-corrected chi connectivity index (χ2v) is 24.0. The van der Waals surface area contributed by atoms with Crippen molar-refractivity contribution in [2.45, 2.75) is 177 Å². The lowest BCUT2D eigenvalue weighted by molar-refractivity contribution is -0.268. The molecule has 0 spiro atoms. The van der Waals surface area contributed by atoms with Gasteiger partial charge in [-0.05, 0) is 178 Å². The number of benzene rings is 1. The molecular formula is C50H75NO6. The highest BCUT2D eigenvalue weighted by Gasteiger charge is 2.77. The van der Waals surface area contributed by atoms with Crippen LogP contribution < -0.4 is 5.32 Å². The van der Waals surface area contributed by atoms with Gasteiger partial charge in [-0.15, -0.1) is 0 Å². The highest BCUT2D eigenvalue weighted by atomic mass is 16.6. The first-order valence-corrected chi connectivity index (χ1v) is 22.9. The SMILES string of the molecule is CC(C)(C)OC(=O)N[C@]12CC[C@@H](C3(C)CC3)[C@@H]1[C@H]1CC[C@@H]3[C@]4(C)CC[C@H]([C@@]5(C(=O)O)C[C@@H](C(=O)OCc6ccccc6)C5(C)C)C(C)(C)[C@H]4CC[C@@]3(C)[C@]1(C)CC2. The minimum atomic E-state index is -0.983. The molecule has 12 atom stereocenters. The fourth-order valence-corrected chi connectivity index (χ4v) is 16.9. The summed E-state index contributed by atoms with van der Waals surface area (Å²) in [4.78, 5) is 40.9. The smallest absolute Gasteiger partial charge is 0.408 e. The molecule has 2 N–H and O–H groups in total. The Morgan fingerprint density at radius 2 is 1.40 bits per heavy atom. The minimum Gasteiger partial charge on any atom is -0.481 e. The average molecular weight is 786 g/mol. The predicted octanol–water partition coefficient (Wildman–Crippen LogP) is 11.6. The van der Waals surface area contributed by atoms with E-state index in [1.54, 1.807) is 0 Å². The van der Waals surface area contributed by atoms with E-state index in [4.69, 9.17) is 9.47 Å². The predicted molar refractivity (Wildman–Crippen MR) is 223 cm³/mol. The molecule has 7 nitrogen and oxygen atoms in total. The fraction of sp³-hybridized carbons (Fsp3) is 0.820. The van der Waals surface area contributed by atoms with Crippen molar-refractivity contribution in [1.29, 1.82) is 0 Å². The zero-order valence-electron chi connectivity index (χ0n) is 37.3. The number of carbonyl (C=O) groups excluding carboxylic acids is 2. The lowest BCUT2D eigenvalue weighted by atomic mass is 9.29. The van der Waals surface area contributed by atoms with Gasteiger partial charge in [0.25, 0.3) is 0 Å². The van der Waals surface area contributed by atoms with Gasteiger partial charge in [0.1, 0.15) is 12.2 Å². The first-order valence-electron chi connectivity index (χ1n) is 22.9. The van der Waals surface area contributed by atoms with Crippen molar-refractivity contribution in [2.75, 3.05) is 0 Å². The second-order valence-electron chi connectivity index (χ2n) is 24.0. The zero-order chi connectivity index (χ0) is 41.4. The number of hydrogen-bond donors (Lipinski definition) is 2. The molecule has 0 bridgehead atoms. The summed E-state index contributed by atoms with van der Waals surface area (Å²) in [6, 6.07) is 9.74. The number of esters is 1. The number of amides is 1. The summed E-state index contributed by atoms with van der Waals surface area (Å²) in [5.74, 6) is 1.15. The summed E-state index contributed by atoms with van der Waals surface area (Å²) in [5, 5.41) is 14.9. The number of carboxylic acids is 1. The van der Waals surface area contributed by atoms with E-state index < -0.39 is 28.3 Å². The van der Waals surface area contributed by atoms with Crippen molar-refractivity contribution in [3.8, 4) is 0 Å². The monoisotopic (exact) mass is 786 g/mol. The van der Waals surface area contributed by atoms with Crippen LogP contribution in [0.25, 0.3) is 0 Å². The van der Waals surface area contributed by atoms with Gasteiger partial charge in [0.15, 0.2) is 0 Å². The summed E-state index contributed by atoms with van der Waals surface area (Å²) in [7, 11) is 0. The number of alkyl carbamates (subject to hydrolysis) is 1. The third-order valence-corrected chi connectivity index (χ3v) is 20.2. The van der Waals surface area contributed by atoms with Gasteiger partial charge in [0, 0.05) is 5.54 Å². The number of hydrogen-bond acceptors (Lipinski definition) is 5. The largest absolute Gasteiger partial charge is 0.481 e. The molecule has 316 valence electrons. The van der Waals surface area contributed by atoms with Gasteiger partial charge in [-0.3, -0.25) is 9.59 Å². The Balaban J connectivity index is 1.05. The summed E-state index contributed by atoms with van der Waals surface area (Å²) in [6.45, 7) is 25.4. The molecule has 7 fully saturated rings. The number of carboxylic acid groups (broad SMARTS) is 1. The number of rotatable bonds is 7. The molecule has 0 aliphatic heterocycles. The van der Waals surface area contributed by atoms with Gasteiger partial charge in [-0.25, -0.2) is 4.79 Å². The Morgan fingerprint density at radius 1 is 0.737 bits per heavy atom. The van der Waals surface area contributed by atoms with Gasteiger partial charge >= 0.3 is 18.0 Å². The molecule has 1 aromatic rings. The van der Waals surface area contributed by atoms with Crippen molar-refractivity contribution >= 4 is 18.0 Å². The third-order valence-electron chi connectivity index (χ3n) is 20.2. The molecule has 0 saturated heterocycles. The summed E-state index contributed by atoms with van der Waals surface area (Å²) in [5.41, 5.74) is -0.894. The van der Waals surface area contributed by atoms with E-state index in [0.29, 0.717) is 41.4 Å². The van der Waals surface area contributed by atoms with E-state index >= 15 is 0 Å². The molecule has 0 heterocycles. The van der Waals surface area contributed by atoms with E-state index in [1.165, 1.54) is 38.5 Å². The van der Waals surface area contributed by atoms with Crippen LogP contribution in [0.2, 0.25) is 0 Å². The van der Waals surface area contributed by atoms with Gasteiger partial charge in [0.05, 0.1) is 11.3 Å². The Hall–Kier alpha value is -2.57. The number of nitrogens with one attached hydrogen (secondary N) is 1. The molecule has 8 rings (SSSR count). The van der Waals surface area contributed by atoms with Crippen LogP contribution in [0.4, 0.5) is 4.79 Å². The van der Waals surface area contributed by atoms with E-state index in [9.17, 15) is 19.5 Å². The van der Waals surface area contributed by atoms with E-state index in [0.717, 1.165) is 44.1 Å². The van der Waals surface area contributed by atoms with Gasteiger partial charge in [-0.2, -0.15) is 0 Å². The van der Waals surface area contributed by atoms with Crippen molar-refractivity contribution in [3.05, 3.63) is 35.9 Å². The van der Waals surface area contributed by atoms with Crippen LogP contribution >= 0.6 is 0 Å². The average Bonchev–Trinajstić information content (AvgIpc) is 3.74. The summed E-state index contributed by atoms with van der Waals surface area (Å²) in [6.07, 6.45) is 13.7. The maximum Gasteiger partial charge on any atom is 0.408 e. The Morgan fingerprint density at radius 3 is 2.02 bits per heavy atom. The molecule has 57 heavy (non-hydrogen) atoms. The van der Waals surface area contributed by atoms with Gasteiger partial charge in [-0.1, -0.05) is 85.7 Å². The van der Waals surface area contributed by atoms with E-state index in [-0.39, 0.29) is 51.8 Å². The summed E-state index contributed by atoms with van der Waals surface area (Å²) >= 11 is 0. The number of fused-ring (bicyclic) bond motifs is 7. The van der Waals surface area contributed by atoms with Crippen molar-refractivity contribution < 1.29 is 29.0 Å². The van der Waals surface area contributed by atoms with Crippen molar-refractivity contribution in [1.82, 2.24) is 5.32 Å². The van der Waals surface area contributed by atoms with Crippen LogP contribution in [0.1, 0.15) is 165 Å². The van der Waals surface area contributed by atoms with Crippen LogP contribution in [0.3, 0.4) is 0 Å². The molecule has 0 radical (unpaired) electrons. The van der Waals surface area contributed by atoms with Crippen LogP contribution in [-0.4, -0.2) is 34.3 Å². The second kappa shape index (κ2) is 13.0. The highest BCUT2D eigenvalue weighted by Crippen LogP contribution is 2.80. The van der Waals surface area contributed by atoms with E-state index in [1.807, 2.05) is 65.0 Å². The lowest BCUT2D eigenvalue weighted by Crippen LogP contribution is -2.72. The standard InChI is InChI=1S/C50H75NO6/c1-42(2,3)57-41(55)51-49-24-19-32(45(8)25-26-45)38(49)33-17-18-37-46(9)22-20-36(43(4,5)35(46)21-23-48(37,11)47(33,10)27-28-49)50(40(53)54)29-34(44(50,6)7)39(52)56-30-31-15-13-12-14-16-31/h12-16,32-38H,17-30H2,1-11H3,(H,51,55)(H,53,54)/t32-,33-,34+,35-,36+,37-,38-,46-,47-,48-,49+,50-/m1/s1. The zero-order valence-corrected chi connectivity index (χ0v) is 37.3. The number of carbonyl (C=O) groups is 3. The molecule has 1 aromatic carbocycles. The van der Waals surface area contributed by atoms with Crippen LogP contribution in [-0.2, 0) is 25.7 Å². The lowest BCUT2D eigenvalue weighted by Gasteiger charge is -2.75. The number of ether oxygens (including phenoxy) is 2. The maximum atomic E-state index is 13.7. The molecule has 7 aliphatic carbocycles. The normalized spacial score (nSPS) is 44.8. The molecule has 7 aliphatic rings. The number of aliphatic carboxylic acids is 1. The van der Waals surface area contributed by atoms with E-state index in [2.05, 4.69) is 46.9 Å². The molecular weight excluding hydrogens is 711 g/mol. The molecule has 0 aromatic heterocycles. The first kappa shape index (κ1) is 41.2. The van der Waals surface area contributed by atoms with Crippen LogP contribution in [0.5, 0.6) is 0 Å². The van der Waals surface area contributed by atoms with Crippen molar-refractivity contribution in [2.24, 2.45) is 79.3 Å². The Bertz CT molecular complexity index is 1780. The Kier molecular flexibility index (Phi) is 9.37. The summed E-state index contributed by atoms with van der Waals surface area (Å²) < 4.78 is 11.8. The molecule has 7 heteroatoms. The minimum absolute atomic E-state index is 0.0298. The Labute approximate surface area is 344 Å². The van der Waals surface area contributed by atoms with Crippen LogP contribution in [0.15, 0.2) is 30.3 Å². The molecule has 1 amide bonds. The van der Waals surface area contributed by atoms with Crippen molar-refractivity contribution in [3.63, 3.8) is 0 Å². The first-order chi connectivity index (χ1) is 26.4. The third kappa shape index (κ3) is 5.78. The molecule has 0 unspecified atom stereocenters. The van der Waals surface area contributed by atoms with Gasteiger partial charge in [0.2, 0.25) is 0 Å². The quantitative estimate of drug-likeness (QED) is 0.267. The topological polar surface area (TPSA) is 102 Å².